The largest absolute Gasteiger partial charge is 0.399 e. The zero-order chi connectivity index (χ0) is 13.7. The number of aromatic nitrogens is 1. The van der Waals surface area contributed by atoms with E-state index >= 15 is 0 Å². The van der Waals surface area contributed by atoms with Gasteiger partial charge in [0.05, 0.1) is 5.69 Å². The van der Waals surface area contributed by atoms with Gasteiger partial charge < -0.3 is 5.73 Å². The van der Waals surface area contributed by atoms with Crippen molar-refractivity contribution in [3.05, 3.63) is 59.9 Å². The quantitative estimate of drug-likeness (QED) is 0.834. The predicted octanol–water partition coefficient (Wildman–Crippen LogP) is 3.25. The second-order valence-corrected chi connectivity index (χ2v) is 4.73. The van der Waals surface area contributed by atoms with Gasteiger partial charge >= 0.3 is 0 Å². The SMILES string of the molecule is CCN(Cc1ccccn1)C(C)c1ccc(N)cc1. The summed E-state index contributed by atoms with van der Waals surface area (Å²) in [5, 5.41) is 0. The van der Waals surface area contributed by atoms with E-state index in [0.717, 1.165) is 24.5 Å². The van der Waals surface area contributed by atoms with E-state index in [-0.39, 0.29) is 0 Å². The number of pyridine rings is 1. The van der Waals surface area contributed by atoms with E-state index in [1.807, 2.05) is 30.5 Å². The van der Waals surface area contributed by atoms with Gasteiger partial charge in [0.25, 0.3) is 0 Å². The number of hydrogen-bond donors (Lipinski definition) is 1. The number of anilines is 1. The van der Waals surface area contributed by atoms with Crippen molar-refractivity contribution in [1.29, 1.82) is 0 Å². The van der Waals surface area contributed by atoms with Crippen LogP contribution in [0.3, 0.4) is 0 Å². The van der Waals surface area contributed by atoms with E-state index in [9.17, 15) is 0 Å². The summed E-state index contributed by atoms with van der Waals surface area (Å²) in [6.07, 6.45) is 1.84. The first-order valence-corrected chi connectivity index (χ1v) is 6.70. The highest BCUT2D eigenvalue weighted by Crippen LogP contribution is 2.22. The van der Waals surface area contributed by atoms with Crippen LogP contribution in [0, 0.1) is 0 Å². The van der Waals surface area contributed by atoms with Gasteiger partial charge in [-0.25, -0.2) is 0 Å². The van der Waals surface area contributed by atoms with Crippen LogP contribution in [-0.4, -0.2) is 16.4 Å². The Labute approximate surface area is 115 Å². The second kappa shape index (κ2) is 6.34. The van der Waals surface area contributed by atoms with Gasteiger partial charge in [-0.3, -0.25) is 9.88 Å². The molecule has 0 aliphatic heterocycles. The second-order valence-electron chi connectivity index (χ2n) is 4.73. The van der Waals surface area contributed by atoms with Crippen LogP contribution in [0.2, 0.25) is 0 Å². The van der Waals surface area contributed by atoms with Crippen molar-refractivity contribution in [2.24, 2.45) is 0 Å². The third-order valence-electron chi connectivity index (χ3n) is 3.46. The van der Waals surface area contributed by atoms with Crippen molar-refractivity contribution in [2.45, 2.75) is 26.4 Å². The molecular formula is C16H21N3. The molecule has 0 radical (unpaired) electrons. The molecule has 3 heteroatoms. The van der Waals surface area contributed by atoms with Crippen molar-refractivity contribution in [1.82, 2.24) is 9.88 Å². The first-order valence-electron chi connectivity index (χ1n) is 6.70. The first-order chi connectivity index (χ1) is 9.20. The van der Waals surface area contributed by atoms with Crippen LogP contribution in [0.4, 0.5) is 5.69 Å². The molecule has 1 atom stereocenters. The monoisotopic (exact) mass is 255 g/mol. The average Bonchev–Trinajstić information content (AvgIpc) is 2.46. The molecule has 100 valence electrons. The molecule has 1 aromatic carbocycles. The molecule has 1 unspecified atom stereocenters. The normalized spacial score (nSPS) is 12.6. The van der Waals surface area contributed by atoms with E-state index in [1.54, 1.807) is 0 Å². The van der Waals surface area contributed by atoms with Gasteiger partial charge in [0.2, 0.25) is 0 Å². The maximum Gasteiger partial charge on any atom is 0.0544 e. The van der Waals surface area contributed by atoms with E-state index in [0.29, 0.717) is 6.04 Å². The molecule has 0 fully saturated rings. The topological polar surface area (TPSA) is 42.2 Å². The van der Waals surface area contributed by atoms with Crippen molar-refractivity contribution < 1.29 is 0 Å². The summed E-state index contributed by atoms with van der Waals surface area (Å²) in [4.78, 5) is 6.79. The third-order valence-corrected chi connectivity index (χ3v) is 3.46. The Bertz CT molecular complexity index is 493. The molecule has 19 heavy (non-hydrogen) atoms. The zero-order valence-corrected chi connectivity index (χ0v) is 11.6. The smallest absolute Gasteiger partial charge is 0.0544 e. The van der Waals surface area contributed by atoms with Gasteiger partial charge in [-0.05, 0) is 43.3 Å². The Hall–Kier alpha value is -1.87. The number of nitrogens with zero attached hydrogens (tertiary/aromatic N) is 2. The van der Waals surface area contributed by atoms with Crippen LogP contribution in [0.5, 0.6) is 0 Å². The highest BCUT2D eigenvalue weighted by atomic mass is 15.1. The van der Waals surface area contributed by atoms with Crippen LogP contribution >= 0.6 is 0 Å². The fourth-order valence-electron chi connectivity index (χ4n) is 2.21. The van der Waals surface area contributed by atoms with Crippen molar-refractivity contribution >= 4 is 5.69 Å². The molecule has 0 amide bonds. The van der Waals surface area contributed by atoms with Crippen LogP contribution in [-0.2, 0) is 6.54 Å². The van der Waals surface area contributed by atoms with Crippen molar-refractivity contribution in [3.8, 4) is 0 Å². The van der Waals surface area contributed by atoms with Crippen molar-refractivity contribution in [3.63, 3.8) is 0 Å². The summed E-state index contributed by atoms with van der Waals surface area (Å²) >= 11 is 0. The van der Waals surface area contributed by atoms with Gasteiger partial charge in [0.15, 0.2) is 0 Å². The average molecular weight is 255 g/mol. The number of hydrogen-bond acceptors (Lipinski definition) is 3. The van der Waals surface area contributed by atoms with Gasteiger partial charge in [0.1, 0.15) is 0 Å². The summed E-state index contributed by atoms with van der Waals surface area (Å²) in [7, 11) is 0. The molecule has 1 heterocycles. The van der Waals surface area contributed by atoms with E-state index in [4.69, 9.17) is 5.73 Å². The molecular weight excluding hydrogens is 234 g/mol. The maximum absolute atomic E-state index is 5.74. The summed E-state index contributed by atoms with van der Waals surface area (Å²) in [5.41, 5.74) is 8.93. The Morgan fingerprint density at radius 2 is 1.89 bits per heavy atom. The molecule has 0 aliphatic rings. The molecule has 2 aromatic rings. The van der Waals surface area contributed by atoms with E-state index in [2.05, 4.69) is 41.9 Å². The Morgan fingerprint density at radius 3 is 2.47 bits per heavy atom. The summed E-state index contributed by atoms with van der Waals surface area (Å²) in [5.74, 6) is 0. The lowest BCUT2D eigenvalue weighted by Crippen LogP contribution is -2.26. The van der Waals surface area contributed by atoms with E-state index < -0.39 is 0 Å². The summed E-state index contributed by atoms with van der Waals surface area (Å²) < 4.78 is 0. The number of nitrogens with two attached hydrogens (primary N) is 1. The number of rotatable bonds is 5. The Balaban J connectivity index is 2.11. The van der Waals surface area contributed by atoms with Gasteiger partial charge in [-0.15, -0.1) is 0 Å². The molecule has 2 rings (SSSR count). The molecule has 0 saturated carbocycles. The number of benzene rings is 1. The molecule has 0 bridgehead atoms. The Kier molecular flexibility index (Phi) is 4.53. The zero-order valence-electron chi connectivity index (χ0n) is 11.6. The summed E-state index contributed by atoms with van der Waals surface area (Å²) in [6.45, 7) is 6.25. The van der Waals surface area contributed by atoms with Crippen LogP contribution in [0.1, 0.15) is 31.1 Å². The standard InChI is InChI=1S/C16H21N3/c1-3-19(12-16-6-4-5-11-18-16)13(2)14-7-9-15(17)10-8-14/h4-11,13H,3,12,17H2,1-2H3. The minimum absolute atomic E-state index is 0.354. The lowest BCUT2D eigenvalue weighted by molar-refractivity contribution is 0.210. The van der Waals surface area contributed by atoms with Gasteiger partial charge in [0, 0.05) is 24.5 Å². The van der Waals surface area contributed by atoms with Crippen LogP contribution in [0.25, 0.3) is 0 Å². The third kappa shape index (κ3) is 3.55. The molecule has 0 saturated heterocycles. The van der Waals surface area contributed by atoms with Gasteiger partial charge in [-0.2, -0.15) is 0 Å². The lowest BCUT2D eigenvalue weighted by atomic mass is 10.1. The lowest BCUT2D eigenvalue weighted by Gasteiger charge is -2.28. The first kappa shape index (κ1) is 13.6. The minimum Gasteiger partial charge on any atom is -0.399 e. The van der Waals surface area contributed by atoms with Gasteiger partial charge in [-0.1, -0.05) is 25.1 Å². The molecule has 0 spiro atoms. The molecule has 3 nitrogen and oxygen atoms in total. The minimum atomic E-state index is 0.354. The molecule has 1 aromatic heterocycles. The highest BCUT2D eigenvalue weighted by Gasteiger charge is 2.14. The highest BCUT2D eigenvalue weighted by molar-refractivity contribution is 5.40. The van der Waals surface area contributed by atoms with Crippen molar-refractivity contribution in [2.75, 3.05) is 12.3 Å². The van der Waals surface area contributed by atoms with Crippen LogP contribution in [0.15, 0.2) is 48.7 Å². The maximum atomic E-state index is 5.74. The van der Waals surface area contributed by atoms with Crippen LogP contribution < -0.4 is 5.73 Å². The molecule has 2 N–H and O–H groups in total. The number of nitrogen functional groups attached to an aromatic ring is 1. The fourth-order valence-corrected chi connectivity index (χ4v) is 2.21. The fraction of sp³-hybridized carbons (Fsp3) is 0.312. The molecule has 0 aliphatic carbocycles. The Morgan fingerprint density at radius 1 is 1.16 bits per heavy atom. The predicted molar refractivity (Wildman–Crippen MR) is 79.6 cm³/mol. The van der Waals surface area contributed by atoms with E-state index in [1.165, 1.54) is 5.56 Å². The summed E-state index contributed by atoms with van der Waals surface area (Å²) in [6, 6.07) is 14.5.